The summed E-state index contributed by atoms with van der Waals surface area (Å²) in [5.74, 6) is -0.0508. The van der Waals surface area contributed by atoms with Crippen molar-refractivity contribution in [2.45, 2.75) is 13.1 Å². The SMILES string of the molecule is Cc1nc2cc(C(=O)NCC(F)(F)F)ccc2n1-c1ccccc1. The largest absolute Gasteiger partial charge is 0.405 e. The van der Waals surface area contributed by atoms with Crippen molar-refractivity contribution in [1.82, 2.24) is 14.9 Å². The zero-order chi connectivity index (χ0) is 17.3. The monoisotopic (exact) mass is 333 g/mol. The lowest BCUT2D eigenvalue weighted by Crippen LogP contribution is -2.33. The van der Waals surface area contributed by atoms with Crippen molar-refractivity contribution in [3.63, 3.8) is 0 Å². The topological polar surface area (TPSA) is 46.9 Å². The Morgan fingerprint density at radius 3 is 2.54 bits per heavy atom. The van der Waals surface area contributed by atoms with Crippen LogP contribution in [0.4, 0.5) is 13.2 Å². The number of nitrogens with zero attached hydrogens (tertiary/aromatic N) is 2. The molecule has 24 heavy (non-hydrogen) atoms. The van der Waals surface area contributed by atoms with E-state index in [9.17, 15) is 18.0 Å². The van der Waals surface area contributed by atoms with E-state index in [4.69, 9.17) is 0 Å². The van der Waals surface area contributed by atoms with Gasteiger partial charge in [0.1, 0.15) is 12.4 Å². The maximum Gasteiger partial charge on any atom is 0.405 e. The summed E-state index contributed by atoms with van der Waals surface area (Å²) in [6.45, 7) is 0.470. The summed E-state index contributed by atoms with van der Waals surface area (Å²) in [6, 6.07) is 14.2. The molecule has 7 heteroatoms. The number of aromatic nitrogens is 2. The molecule has 0 unspecified atom stereocenters. The van der Waals surface area contributed by atoms with Gasteiger partial charge in [-0.25, -0.2) is 4.98 Å². The highest BCUT2D eigenvalue weighted by atomic mass is 19.4. The zero-order valence-corrected chi connectivity index (χ0v) is 12.8. The number of fused-ring (bicyclic) bond motifs is 1. The van der Waals surface area contributed by atoms with E-state index in [-0.39, 0.29) is 5.56 Å². The number of amides is 1. The average molecular weight is 333 g/mol. The van der Waals surface area contributed by atoms with Crippen LogP contribution in [0.15, 0.2) is 48.5 Å². The predicted octanol–water partition coefficient (Wildman–Crippen LogP) is 3.63. The molecule has 4 nitrogen and oxygen atoms in total. The van der Waals surface area contributed by atoms with E-state index in [0.29, 0.717) is 5.52 Å². The molecule has 1 N–H and O–H groups in total. The number of benzene rings is 2. The molecule has 0 saturated carbocycles. The molecule has 0 spiro atoms. The van der Waals surface area contributed by atoms with E-state index < -0.39 is 18.6 Å². The smallest absolute Gasteiger partial charge is 0.343 e. The summed E-state index contributed by atoms with van der Waals surface area (Å²) in [5, 5.41) is 1.86. The van der Waals surface area contributed by atoms with E-state index in [1.807, 2.05) is 47.1 Å². The summed E-state index contributed by atoms with van der Waals surface area (Å²) in [5.41, 5.74) is 2.40. The van der Waals surface area contributed by atoms with Crippen LogP contribution in [0.25, 0.3) is 16.7 Å². The number of para-hydroxylation sites is 1. The molecule has 0 aliphatic rings. The average Bonchev–Trinajstić information content (AvgIpc) is 2.87. The number of hydrogen-bond donors (Lipinski definition) is 1. The fourth-order valence-electron chi connectivity index (χ4n) is 2.53. The highest BCUT2D eigenvalue weighted by molar-refractivity contribution is 5.97. The number of imidazole rings is 1. The van der Waals surface area contributed by atoms with Crippen molar-refractivity contribution < 1.29 is 18.0 Å². The molecule has 3 aromatic rings. The number of carbonyl (C=O) groups excluding carboxylic acids is 1. The summed E-state index contributed by atoms with van der Waals surface area (Å²) in [4.78, 5) is 16.3. The van der Waals surface area contributed by atoms with Gasteiger partial charge < -0.3 is 5.32 Å². The number of aryl methyl sites for hydroxylation is 1. The number of carbonyl (C=O) groups is 1. The lowest BCUT2D eigenvalue weighted by atomic mass is 10.2. The molecule has 124 valence electrons. The molecule has 3 rings (SSSR count). The van der Waals surface area contributed by atoms with Crippen molar-refractivity contribution >= 4 is 16.9 Å². The van der Waals surface area contributed by atoms with Gasteiger partial charge in [0.25, 0.3) is 5.91 Å². The molecule has 0 bridgehead atoms. The Morgan fingerprint density at radius 2 is 1.88 bits per heavy atom. The van der Waals surface area contributed by atoms with E-state index in [0.717, 1.165) is 17.0 Å². The Kier molecular flexibility index (Phi) is 4.01. The van der Waals surface area contributed by atoms with Crippen molar-refractivity contribution in [2.75, 3.05) is 6.54 Å². The molecule has 1 heterocycles. The van der Waals surface area contributed by atoms with Crippen LogP contribution in [0.1, 0.15) is 16.2 Å². The Bertz CT molecular complexity index is 885. The van der Waals surface area contributed by atoms with Gasteiger partial charge in [0.05, 0.1) is 11.0 Å². The molecular weight excluding hydrogens is 319 g/mol. The minimum absolute atomic E-state index is 0.143. The van der Waals surface area contributed by atoms with Gasteiger partial charge in [0.15, 0.2) is 0 Å². The molecule has 0 aliphatic heterocycles. The lowest BCUT2D eigenvalue weighted by Gasteiger charge is -2.09. The normalized spacial score (nSPS) is 11.7. The van der Waals surface area contributed by atoms with Crippen molar-refractivity contribution in [3.8, 4) is 5.69 Å². The quantitative estimate of drug-likeness (QED) is 0.796. The number of rotatable bonds is 3. The highest BCUT2D eigenvalue weighted by Crippen LogP contribution is 2.22. The van der Waals surface area contributed by atoms with Crippen LogP contribution in [0.5, 0.6) is 0 Å². The molecule has 0 atom stereocenters. The van der Waals surface area contributed by atoms with Crippen LogP contribution in [-0.4, -0.2) is 28.2 Å². The fourth-order valence-corrected chi connectivity index (χ4v) is 2.53. The molecule has 0 fully saturated rings. The summed E-state index contributed by atoms with van der Waals surface area (Å²) in [7, 11) is 0. The fraction of sp³-hybridized carbons (Fsp3) is 0.176. The summed E-state index contributed by atoms with van der Waals surface area (Å²) in [6.07, 6.45) is -4.44. The predicted molar refractivity (Wildman–Crippen MR) is 84.2 cm³/mol. The van der Waals surface area contributed by atoms with E-state index in [1.54, 1.807) is 6.07 Å². The van der Waals surface area contributed by atoms with Gasteiger partial charge in [0, 0.05) is 11.3 Å². The van der Waals surface area contributed by atoms with Crippen LogP contribution in [0, 0.1) is 6.92 Å². The first-order chi connectivity index (χ1) is 11.3. The maximum absolute atomic E-state index is 12.2. The van der Waals surface area contributed by atoms with Gasteiger partial charge >= 0.3 is 6.18 Å². The van der Waals surface area contributed by atoms with Gasteiger partial charge in [-0.2, -0.15) is 13.2 Å². The standard InChI is InChI=1S/C17H14F3N3O/c1-11-22-14-9-12(16(24)21-10-17(18,19)20)7-8-15(14)23(11)13-5-3-2-4-6-13/h2-9H,10H2,1H3,(H,21,24). The van der Waals surface area contributed by atoms with Crippen LogP contribution in [-0.2, 0) is 0 Å². The second-order valence-corrected chi connectivity index (χ2v) is 5.33. The minimum atomic E-state index is -4.44. The van der Waals surface area contributed by atoms with E-state index in [2.05, 4.69) is 4.98 Å². The Hall–Kier alpha value is -2.83. The number of halogens is 3. The number of alkyl halides is 3. The second-order valence-electron chi connectivity index (χ2n) is 5.33. The van der Waals surface area contributed by atoms with Crippen LogP contribution in [0.2, 0.25) is 0 Å². The van der Waals surface area contributed by atoms with Gasteiger partial charge in [-0.15, -0.1) is 0 Å². The summed E-state index contributed by atoms with van der Waals surface area (Å²) < 4.78 is 38.5. The summed E-state index contributed by atoms with van der Waals surface area (Å²) >= 11 is 0. The van der Waals surface area contributed by atoms with Crippen molar-refractivity contribution in [2.24, 2.45) is 0 Å². The zero-order valence-electron chi connectivity index (χ0n) is 12.8. The second kappa shape index (κ2) is 5.99. The van der Waals surface area contributed by atoms with Gasteiger partial charge in [-0.3, -0.25) is 9.36 Å². The number of hydrogen-bond acceptors (Lipinski definition) is 2. The molecule has 0 saturated heterocycles. The van der Waals surface area contributed by atoms with Crippen molar-refractivity contribution in [3.05, 3.63) is 59.9 Å². The van der Waals surface area contributed by atoms with E-state index >= 15 is 0 Å². The molecule has 0 radical (unpaired) electrons. The maximum atomic E-state index is 12.2. The minimum Gasteiger partial charge on any atom is -0.343 e. The Morgan fingerprint density at radius 1 is 1.17 bits per heavy atom. The third kappa shape index (κ3) is 3.24. The first-order valence-electron chi connectivity index (χ1n) is 7.24. The van der Waals surface area contributed by atoms with Crippen LogP contribution >= 0.6 is 0 Å². The molecule has 1 aromatic heterocycles. The first kappa shape index (κ1) is 16.0. The third-order valence-electron chi connectivity index (χ3n) is 3.55. The van der Waals surface area contributed by atoms with Gasteiger partial charge in [0.2, 0.25) is 0 Å². The highest BCUT2D eigenvalue weighted by Gasteiger charge is 2.28. The molecular formula is C17H14F3N3O. The Balaban J connectivity index is 1.95. The third-order valence-corrected chi connectivity index (χ3v) is 3.55. The van der Waals surface area contributed by atoms with Crippen LogP contribution in [0.3, 0.4) is 0 Å². The number of nitrogens with one attached hydrogen (secondary N) is 1. The van der Waals surface area contributed by atoms with Gasteiger partial charge in [-0.1, -0.05) is 18.2 Å². The molecule has 0 aliphatic carbocycles. The van der Waals surface area contributed by atoms with Crippen molar-refractivity contribution in [1.29, 1.82) is 0 Å². The van der Waals surface area contributed by atoms with E-state index in [1.165, 1.54) is 12.1 Å². The molecule has 1 amide bonds. The van der Waals surface area contributed by atoms with Crippen LogP contribution < -0.4 is 5.32 Å². The lowest BCUT2D eigenvalue weighted by molar-refractivity contribution is -0.123. The first-order valence-corrected chi connectivity index (χ1v) is 7.24. The molecule has 2 aromatic carbocycles. The Labute approximate surface area is 135 Å². The van der Waals surface area contributed by atoms with Gasteiger partial charge in [-0.05, 0) is 37.3 Å².